The Balaban J connectivity index is 1.67. The van der Waals surface area contributed by atoms with Gasteiger partial charge < -0.3 is 9.31 Å². The molecule has 0 amide bonds. The first-order valence-corrected chi connectivity index (χ1v) is 8.32. The van der Waals surface area contributed by atoms with Crippen LogP contribution in [0.25, 0.3) is 0 Å². The van der Waals surface area contributed by atoms with E-state index < -0.39 is 0 Å². The first-order chi connectivity index (χ1) is 9.87. The van der Waals surface area contributed by atoms with Crippen LogP contribution in [-0.2, 0) is 15.7 Å². The highest BCUT2D eigenvalue weighted by Gasteiger charge is 2.51. The number of hydrogen-bond donors (Lipinski definition) is 0. The van der Waals surface area contributed by atoms with Gasteiger partial charge in [0.15, 0.2) is 0 Å². The third-order valence-electron chi connectivity index (χ3n) is 5.50. The molecule has 2 aliphatic rings. The van der Waals surface area contributed by atoms with Crippen LogP contribution in [0.1, 0.15) is 58.9 Å². The van der Waals surface area contributed by atoms with E-state index in [4.69, 9.17) is 9.31 Å². The molecule has 114 valence electrons. The summed E-state index contributed by atoms with van der Waals surface area (Å²) in [4.78, 5) is 0. The van der Waals surface area contributed by atoms with Crippen molar-refractivity contribution in [2.75, 3.05) is 0 Å². The third kappa shape index (κ3) is 3.05. The van der Waals surface area contributed by atoms with Crippen molar-refractivity contribution in [3.8, 4) is 0 Å². The molecule has 0 unspecified atom stereocenters. The summed E-state index contributed by atoms with van der Waals surface area (Å²) in [6, 6.07) is 8.84. The van der Waals surface area contributed by atoms with Crippen LogP contribution in [0.2, 0.25) is 0 Å². The van der Waals surface area contributed by atoms with Crippen LogP contribution in [0.4, 0.5) is 0 Å². The Morgan fingerprint density at radius 2 is 1.48 bits per heavy atom. The van der Waals surface area contributed by atoms with Gasteiger partial charge in [-0.2, -0.15) is 0 Å². The van der Waals surface area contributed by atoms with Crippen LogP contribution < -0.4 is 5.46 Å². The van der Waals surface area contributed by atoms with E-state index in [0.717, 1.165) is 11.4 Å². The summed E-state index contributed by atoms with van der Waals surface area (Å²) in [6.07, 6.45) is 6.86. The average Bonchev–Trinajstić information content (AvgIpc) is 2.97. The van der Waals surface area contributed by atoms with Gasteiger partial charge in [-0.25, -0.2) is 0 Å². The molecule has 0 radical (unpaired) electrons. The van der Waals surface area contributed by atoms with Crippen molar-refractivity contribution in [3.05, 3.63) is 29.8 Å². The van der Waals surface area contributed by atoms with E-state index in [0.29, 0.717) is 0 Å². The second kappa shape index (κ2) is 5.44. The van der Waals surface area contributed by atoms with Crippen LogP contribution in [-0.4, -0.2) is 18.3 Å². The van der Waals surface area contributed by atoms with Crippen molar-refractivity contribution >= 4 is 12.6 Å². The summed E-state index contributed by atoms with van der Waals surface area (Å²) < 4.78 is 12.2. The normalized spacial score (nSPS) is 24.7. The highest BCUT2D eigenvalue weighted by atomic mass is 16.7. The van der Waals surface area contributed by atoms with Gasteiger partial charge in [-0.3, -0.25) is 0 Å². The van der Waals surface area contributed by atoms with Crippen molar-refractivity contribution in [1.29, 1.82) is 0 Å². The van der Waals surface area contributed by atoms with Gasteiger partial charge in [0.1, 0.15) is 0 Å². The topological polar surface area (TPSA) is 18.5 Å². The van der Waals surface area contributed by atoms with Crippen LogP contribution >= 0.6 is 0 Å². The zero-order valence-corrected chi connectivity index (χ0v) is 13.8. The van der Waals surface area contributed by atoms with Gasteiger partial charge in [0.25, 0.3) is 0 Å². The second-order valence-electron chi connectivity index (χ2n) is 7.68. The summed E-state index contributed by atoms with van der Waals surface area (Å²) in [5.41, 5.74) is 2.05. The van der Waals surface area contributed by atoms with E-state index in [2.05, 4.69) is 52.0 Å². The Labute approximate surface area is 129 Å². The maximum atomic E-state index is 6.10. The summed E-state index contributed by atoms with van der Waals surface area (Å²) in [5.74, 6) is 0.896. The van der Waals surface area contributed by atoms with E-state index in [1.54, 1.807) is 0 Å². The molecule has 1 aromatic rings. The lowest BCUT2D eigenvalue weighted by Gasteiger charge is -2.32. The molecule has 1 heterocycles. The van der Waals surface area contributed by atoms with Gasteiger partial charge in [0, 0.05) is 0 Å². The summed E-state index contributed by atoms with van der Waals surface area (Å²) >= 11 is 0. The van der Waals surface area contributed by atoms with Gasteiger partial charge >= 0.3 is 7.12 Å². The fourth-order valence-electron chi connectivity index (χ4n) is 3.34. The Morgan fingerprint density at radius 1 is 0.952 bits per heavy atom. The highest BCUT2D eigenvalue weighted by Crippen LogP contribution is 2.36. The molecule has 0 aromatic heterocycles. The zero-order chi connectivity index (χ0) is 15.1. The van der Waals surface area contributed by atoms with E-state index in [-0.39, 0.29) is 18.3 Å². The quantitative estimate of drug-likeness (QED) is 0.788. The Kier molecular flexibility index (Phi) is 3.92. The van der Waals surface area contributed by atoms with Crippen LogP contribution in [0.3, 0.4) is 0 Å². The molecule has 1 aromatic carbocycles. The summed E-state index contributed by atoms with van der Waals surface area (Å²) in [5, 5.41) is 0. The van der Waals surface area contributed by atoms with Crippen molar-refractivity contribution in [1.82, 2.24) is 0 Å². The predicted octanol–water partition coefficient (Wildman–Crippen LogP) is 3.72. The standard InChI is InChI=1S/C18H27BO2/c1-17(2)18(3,4)21-19(20-17)16-11-9-15(10-12-16)13-14-7-5-6-8-14/h9-12,14H,5-8,13H2,1-4H3. The molecule has 1 saturated carbocycles. The first-order valence-electron chi connectivity index (χ1n) is 8.32. The molecule has 3 heteroatoms. The molecule has 0 bridgehead atoms. The number of benzene rings is 1. The monoisotopic (exact) mass is 286 g/mol. The lowest BCUT2D eigenvalue weighted by Crippen LogP contribution is -2.41. The molecule has 1 aliphatic carbocycles. The van der Waals surface area contributed by atoms with E-state index in [1.807, 2.05) is 0 Å². The SMILES string of the molecule is CC1(C)OB(c2ccc(CC3CCCC3)cc2)OC1(C)C. The molecule has 2 fully saturated rings. The number of rotatable bonds is 3. The Hall–Kier alpha value is -0.795. The van der Waals surface area contributed by atoms with Crippen molar-refractivity contribution in [2.45, 2.75) is 71.0 Å². The van der Waals surface area contributed by atoms with Crippen molar-refractivity contribution in [2.24, 2.45) is 5.92 Å². The molecule has 21 heavy (non-hydrogen) atoms. The van der Waals surface area contributed by atoms with Crippen molar-refractivity contribution in [3.63, 3.8) is 0 Å². The first kappa shape index (κ1) is 15.1. The highest BCUT2D eigenvalue weighted by molar-refractivity contribution is 6.62. The van der Waals surface area contributed by atoms with Gasteiger partial charge in [0.05, 0.1) is 11.2 Å². The minimum absolute atomic E-state index is 0.240. The molecule has 0 N–H and O–H groups in total. The average molecular weight is 286 g/mol. The van der Waals surface area contributed by atoms with Gasteiger partial charge in [-0.15, -0.1) is 0 Å². The molecular formula is C18H27BO2. The zero-order valence-electron chi connectivity index (χ0n) is 13.8. The maximum Gasteiger partial charge on any atom is 0.494 e. The second-order valence-corrected chi connectivity index (χ2v) is 7.68. The lowest BCUT2D eigenvalue weighted by atomic mass is 9.78. The van der Waals surface area contributed by atoms with Crippen molar-refractivity contribution < 1.29 is 9.31 Å². The summed E-state index contributed by atoms with van der Waals surface area (Å²) in [6.45, 7) is 8.39. The minimum atomic E-state index is -0.264. The van der Waals surface area contributed by atoms with Gasteiger partial charge in [0.2, 0.25) is 0 Å². The molecule has 3 rings (SSSR count). The molecule has 0 atom stereocenters. The fourth-order valence-corrected chi connectivity index (χ4v) is 3.34. The maximum absolute atomic E-state index is 6.10. The van der Waals surface area contributed by atoms with Gasteiger partial charge in [-0.05, 0) is 51.1 Å². The van der Waals surface area contributed by atoms with E-state index in [9.17, 15) is 0 Å². The smallest absolute Gasteiger partial charge is 0.399 e. The van der Waals surface area contributed by atoms with E-state index in [1.165, 1.54) is 37.7 Å². The van der Waals surface area contributed by atoms with Gasteiger partial charge in [-0.1, -0.05) is 49.9 Å². The predicted molar refractivity (Wildman–Crippen MR) is 87.8 cm³/mol. The lowest BCUT2D eigenvalue weighted by molar-refractivity contribution is 0.00578. The Bertz CT molecular complexity index is 470. The summed E-state index contributed by atoms with van der Waals surface area (Å²) in [7, 11) is -0.240. The van der Waals surface area contributed by atoms with E-state index >= 15 is 0 Å². The van der Waals surface area contributed by atoms with Crippen LogP contribution in [0.5, 0.6) is 0 Å². The minimum Gasteiger partial charge on any atom is -0.399 e. The Morgan fingerprint density at radius 3 is 2.00 bits per heavy atom. The third-order valence-corrected chi connectivity index (χ3v) is 5.50. The fraction of sp³-hybridized carbons (Fsp3) is 0.667. The molecule has 0 spiro atoms. The van der Waals surface area contributed by atoms with Crippen LogP contribution in [0, 0.1) is 5.92 Å². The molecular weight excluding hydrogens is 259 g/mol. The molecule has 1 saturated heterocycles. The molecule has 1 aliphatic heterocycles. The van der Waals surface area contributed by atoms with Crippen LogP contribution in [0.15, 0.2) is 24.3 Å². The largest absolute Gasteiger partial charge is 0.494 e. The molecule has 2 nitrogen and oxygen atoms in total. The number of hydrogen-bond acceptors (Lipinski definition) is 2.